The van der Waals surface area contributed by atoms with Crippen molar-refractivity contribution in [2.75, 3.05) is 0 Å². The number of benzene rings is 7. The molecule has 264 valence electrons. The van der Waals surface area contributed by atoms with Gasteiger partial charge in [-0.3, -0.25) is 0 Å². The zero-order chi connectivity index (χ0) is 37.5. The van der Waals surface area contributed by atoms with Gasteiger partial charge in [0.2, 0.25) is 0 Å². The van der Waals surface area contributed by atoms with Gasteiger partial charge in [0.15, 0.2) is 0 Å². The molecule has 0 aliphatic rings. The average molecular weight is 708 g/mol. The molecule has 0 aliphatic carbocycles. The molecule has 9 aromatic rings. The molecule has 55 heavy (non-hydrogen) atoms. The smallest absolute Gasteiger partial charge is 0.0993 e. The van der Waals surface area contributed by atoms with Gasteiger partial charge in [0.25, 0.3) is 0 Å². The maximum Gasteiger partial charge on any atom is 0.0993 e. The molecule has 0 fully saturated rings. The van der Waals surface area contributed by atoms with Crippen molar-refractivity contribution >= 4 is 49.2 Å². The lowest BCUT2D eigenvalue weighted by molar-refractivity contribution is 0.716. The lowest BCUT2D eigenvalue weighted by Gasteiger charge is -2.25. The zero-order valence-corrected chi connectivity index (χ0v) is 31.4. The molecule has 0 saturated heterocycles. The molecule has 2 aromatic heterocycles. The minimum Gasteiger partial charge on any atom is -0.309 e. The molecule has 7 aromatic carbocycles. The quantitative estimate of drug-likeness (QED) is 0.145. The van der Waals surface area contributed by atoms with Crippen molar-refractivity contribution < 1.29 is 0 Å². The lowest BCUT2D eigenvalue weighted by atomic mass is 9.88. The standard InChI is InChI=1S/C52H41N3/c1-4-6-21-41(35(3)5-2)52-50(54-46-24-15-13-22-42(46)44-32-39(26-28-48(44)54)37-17-9-7-10-18-37)30-36(34-53)31-51(52)55-47-25-16-14-23-43(47)45-33-40(27-29-49(45)55)38-19-11-8-12-20-38/h4,6-33,35H,5H2,1-3H3/b6-4-,41-21+. The fourth-order valence-corrected chi connectivity index (χ4v) is 8.32. The third kappa shape index (κ3) is 5.75. The zero-order valence-electron chi connectivity index (χ0n) is 31.4. The predicted octanol–water partition coefficient (Wildman–Crippen LogP) is 14.1. The SMILES string of the molecule is C/C=C\C=C(\c1c(-n2c3ccccc3c3cc(-c4ccccc4)ccc32)cc(C#N)cc1-n1c2ccccc2c2cc(-c3ccccc3)ccc21)C(C)CC. The number of allylic oxidation sites excluding steroid dienone is 4. The maximum atomic E-state index is 10.8. The minimum atomic E-state index is 0.234. The van der Waals surface area contributed by atoms with E-state index < -0.39 is 0 Å². The number of hydrogen-bond donors (Lipinski definition) is 0. The van der Waals surface area contributed by atoms with Crippen molar-refractivity contribution in [3.63, 3.8) is 0 Å². The summed E-state index contributed by atoms with van der Waals surface area (Å²) >= 11 is 0. The monoisotopic (exact) mass is 707 g/mol. The summed E-state index contributed by atoms with van der Waals surface area (Å²) in [4.78, 5) is 0. The van der Waals surface area contributed by atoms with E-state index in [4.69, 9.17) is 0 Å². The summed E-state index contributed by atoms with van der Waals surface area (Å²) < 4.78 is 4.79. The molecule has 0 amide bonds. The van der Waals surface area contributed by atoms with Crippen LogP contribution in [0, 0.1) is 17.2 Å². The Morgan fingerprint density at radius 3 is 1.47 bits per heavy atom. The van der Waals surface area contributed by atoms with Crippen LogP contribution in [0.3, 0.4) is 0 Å². The van der Waals surface area contributed by atoms with Gasteiger partial charge < -0.3 is 9.13 Å². The topological polar surface area (TPSA) is 33.6 Å². The molecular formula is C52H41N3. The van der Waals surface area contributed by atoms with Crippen LogP contribution < -0.4 is 0 Å². The maximum absolute atomic E-state index is 10.8. The number of nitriles is 1. The van der Waals surface area contributed by atoms with E-state index >= 15 is 0 Å². The van der Waals surface area contributed by atoms with Crippen molar-refractivity contribution in [1.29, 1.82) is 5.26 Å². The second kappa shape index (κ2) is 14.2. The van der Waals surface area contributed by atoms with E-state index in [9.17, 15) is 5.26 Å². The van der Waals surface area contributed by atoms with Gasteiger partial charge in [0, 0.05) is 27.1 Å². The van der Waals surface area contributed by atoms with E-state index in [1.54, 1.807) is 0 Å². The first-order valence-corrected chi connectivity index (χ1v) is 19.2. The van der Waals surface area contributed by atoms with Crippen molar-refractivity contribution in [3.8, 4) is 39.7 Å². The highest BCUT2D eigenvalue weighted by atomic mass is 15.0. The summed E-state index contributed by atoms with van der Waals surface area (Å²) in [5.41, 5.74) is 14.1. The molecule has 0 radical (unpaired) electrons. The summed E-state index contributed by atoms with van der Waals surface area (Å²) in [6.07, 6.45) is 7.50. The highest BCUT2D eigenvalue weighted by Gasteiger charge is 2.26. The third-order valence-corrected chi connectivity index (χ3v) is 11.2. The van der Waals surface area contributed by atoms with Crippen molar-refractivity contribution in [1.82, 2.24) is 9.13 Å². The number of rotatable bonds is 8. The first-order valence-electron chi connectivity index (χ1n) is 19.2. The molecule has 0 bridgehead atoms. The molecule has 3 nitrogen and oxygen atoms in total. The van der Waals surface area contributed by atoms with Gasteiger partial charge in [0.1, 0.15) is 0 Å². The van der Waals surface area contributed by atoms with Crippen LogP contribution in [0.25, 0.3) is 82.8 Å². The van der Waals surface area contributed by atoms with Gasteiger partial charge in [-0.2, -0.15) is 5.26 Å². The molecule has 0 aliphatic heterocycles. The summed E-state index contributed by atoms with van der Waals surface area (Å²) in [6.45, 7) is 6.64. The Labute approximate surface area is 322 Å². The van der Waals surface area contributed by atoms with Crippen LogP contribution in [-0.4, -0.2) is 9.13 Å². The number of nitrogens with zero attached hydrogens (tertiary/aromatic N) is 3. The van der Waals surface area contributed by atoms with Gasteiger partial charge in [-0.1, -0.05) is 141 Å². The molecule has 1 atom stereocenters. The average Bonchev–Trinajstić information content (AvgIpc) is 3.76. The molecule has 3 heteroatoms. The van der Waals surface area contributed by atoms with E-state index in [1.807, 2.05) is 0 Å². The predicted molar refractivity (Wildman–Crippen MR) is 233 cm³/mol. The van der Waals surface area contributed by atoms with E-state index in [2.05, 4.69) is 212 Å². The first kappa shape index (κ1) is 33.9. The molecule has 9 rings (SSSR count). The minimum absolute atomic E-state index is 0.234. The largest absolute Gasteiger partial charge is 0.309 e. The molecule has 1 unspecified atom stereocenters. The number of para-hydroxylation sites is 2. The van der Waals surface area contributed by atoms with Gasteiger partial charge >= 0.3 is 0 Å². The van der Waals surface area contributed by atoms with Crippen LogP contribution in [0.1, 0.15) is 38.3 Å². The molecule has 0 N–H and O–H groups in total. The lowest BCUT2D eigenvalue weighted by Crippen LogP contribution is -2.10. The molecule has 0 saturated carbocycles. The number of hydrogen-bond acceptors (Lipinski definition) is 1. The highest BCUT2D eigenvalue weighted by molar-refractivity contribution is 6.13. The first-order chi connectivity index (χ1) is 27.1. The van der Waals surface area contributed by atoms with Crippen LogP contribution >= 0.6 is 0 Å². The van der Waals surface area contributed by atoms with E-state index in [-0.39, 0.29) is 5.92 Å². The fourth-order valence-electron chi connectivity index (χ4n) is 8.32. The Hall–Kier alpha value is -6.89. The summed E-state index contributed by atoms with van der Waals surface area (Å²) in [5, 5.41) is 15.5. The van der Waals surface area contributed by atoms with E-state index in [0.29, 0.717) is 5.56 Å². The molecule has 0 spiro atoms. The van der Waals surface area contributed by atoms with Crippen molar-refractivity contribution in [2.45, 2.75) is 27.2 Å². The van der Waals surface area contributed by atoms with Gasteiger partial charge in [0.05, 0.1) is 45.1 Å². The van der Waals surface area contributed by atoms with Gasteiger partial charge in [-0.25, -0.2) is 0 Å². The Morgan fingerprint density at radius 1 is 0.564 bits per heavy atom. The second-order valence-corrected chi connectivity index (χ2v) is 14.4. The number of fused-ring (bicyclic) bond motifs is 6. The van der Waals surface area contributed by atoms with Crippen molar-refractivity contribution in [3.05, 3.63) is 187 Å². The highest BCUT2D eigenvalue weighted by Crippen LogP contribution is 2.44. The molecule has 2 heterocycles. The van der Waals surface area contributed by atoms with E-state index in [0.717, 1.165) is 45.4 Å². The van der Waals surface area contributed by atoms with Crippen LogP contribution in [0.2, 0.25) is 0 Å². The Kier molecular flexibility index (Phi) is 8.73. The fraction of sp³-hybridized carbons (Fsp3) is 0.0962. The summed E-state index contributed by atoms with van der Waals surface area (Å²) in [6, 6.07) is 58.9. The summed E-state index contributed by atoms with van der Waals surface area (Å²) in [5.74, 6) is 0.234. The molecular weight excluding hydrogens is 667 g/mol. The van der Waals surface area contributed by atoms with Crippen LogP contribution in [-0.2, 0) is 0 Å². The van der Waals surface area contributed by atoms with Crippen LogP contribution in [0.4, 0.5) is 0 Å². The Morgan fingerprint density at radius 2 is 1.02 bits per heavy atom. The van der Waals surface area contributed by atoms with Gasteiger partial charge in [-0.15, -0.1) is 0 Å². The second-order valence-electron chi connectivity index (χ2n) is 14.4. The Bertz CT molecular complexity index is 2810. The summed E-state index contributed by atoms with van der Waals surface area (Å²) in [7, 11) is 0. The van der Waals surface area contributed by atoms with Gasteiger partial charge in [-0.05, 0) is 95.6 Å². The third-order valence-electron chi connectivity index (χ3n) is 11.2. The number of aromatic nitrogens is 2. The normalized spacial score (nSPS) is 12.7. The Balaban J connectivity index is 1.42. The van der Waals surface area contributed by atoms with Crippen molar-refractivity contribution in [2.24, 2.45) is 5.92 Å². The van der Waals surface area contributed by atoms with E-state index in [1.165, 1.54) is 49.4 Å². The van der Waals surface area contributed by atoms with Crippen LogP contribution in [0.5, 0.6) is 0 Å². The van der Waals surface area contributed by atoms with Crippen LogP contribution in [0.15, 0.2) is 176 Å².